The largest absolute Gasteiger partial charge is 0.356 e. The summed E-state index contributed by atoms with van der Waals surface area (Å²) in [5.74, 6) is 1.48. The lowest BCUT2D eigenvalue weighted by Gasteiger charge is -2.23. The Morgan fingerprint density at radius 2 is 1.80 bits per heavy atom. The standard InChI is InChI=1S/C20H32N4O/c1-16-9-11-18(12-10-16)14-22-20(23-15-19(25)24(2)3)21-13-17-7-5-4-6-8-17/h9-12,17H,4-8,13-15H2,1-3H3,(H2,21,22,23). The molecule has 1 aromatic carbocycles. The molecule has 0 saturated heterocycles. The van der Waals surface area contributed by atoms with Gasteiger partial charge in [-0.25, -0.2) is 4.99 Å². The van der Waals surface area contributed by atoms with Crippen LogP contribution in [0.25, 0.3) is 0 Å². The monoisotopic (exact) mass is 344 g/mol. The van der Waals surface area contributed by atoms with Crippen molar-refractivity contribution in [3.63, 3.8) is 0 Å². The summed E-state index contributed by atoms with van der Waals surface area (Å²) in [4.78, 5) is 18.1. The van der Waals surface area contributed by atoms with Crippen molar-refractivity contribution in [1.29, 1.82) is 0 Å². The van der Waals surface area contributed by atoms with E-state index in [9.17, 15) is 4.79 Å². The number of rotatable bonds is 6. The lowest BCUT2D eigenvalue weighted by Crippen LogP contribution is -2.44. The summed E-state index contributed by atoms with van der Waals surface area (Å²) in [5.41, 5.74) is 2.42. The number of likely N-dealkylation sites (N-methyl/N-ethyl adjacent to an activating group) is 1. The molecule has 1 aromatic rings. The van der Waals surface area contributed by atoms with Gasteiger partial charge in [0, 0.05) is 20.6 Å². The third kappa shape index (κ3) is 7.16. The number of benzene rings is 1. The molecule has 0 aliphatic heterocycles. The molecular formula is C20H32N4O. The van der Waals surface area contributed by atoms with E-state index in [1.54, 1.807) is 19.0 Å². The van der Waals surface area contributed by atoms with E-state index in [4.69, 9.17) is 0 Å². The average Bonchev–Trinajstić information content (AvgIpc) is 2.63. The van der Waals surface area contributed by atoms with Crippen molar-refractivity contribution in [3.05, 3.63) is 35.4 Å². The molecule has 138 valence electrons. The molecule has 0 atom stereocenters. The van der Waals surface area contributed by atoms with Gasteiger partial charge in [-0.15, -0.1) is 0 Å². The molecule has 0 unspecified atom stereocenters. The quantitative estimate of drug-likeness (QED) is 0.616. The van der Waals surface area contributed by atoms with Crippen LogP contribution in [0.3, 0.4) is 0 Å². The van der Waals surface area contributed by atoms with Gasteiger partial charge in [0.15, 0.2) is 5.96 Å². The Hall–Kier alpha value is -2.04. The zero-order valence-electron chi connectivity index (χ0n) is 15.8. The van der Waals surface area contributed by atoms with Crippen LogP contribution >= 0.6 is 0 Å². The van der Waals surface area contributed by atoms with Gasteiger partial charge in [0.1, 0.15) is 0 Å². The smallest absolute Gasteiger partial charge is 0.241 e. The Morgan fingerprint density at radius 3 is 2.44 bits per heavy atom. The summed E-state index contributed by atoms with van der Waals surface area (Å²) >= 11 is 0. The lowest BCUT2D eigenvalue weighted by atomic mass is 9.89. The minimum Gasteiger partial charge on any atom is -0.356 e. The Kier molecular flexibility index (Phi) is 7.76. The van der Waals surface area contributed by atoms with Crippen molar-refractivity contribution < 1.29 is 4.79 Å². The summed E-state index contributed by atoms with van der Waals surface area (Å²) in [6.07, 6.45) is 6.59. The fraction of sp³-hybridized carbons (Fsp3) is 0.600. The first kappa shape index (κ1) is 19.3. The molecule has 0 heterocycles. The summed E-state index contributed by atoms with van der Waals surface area (Å²) in [6.45, 7) is 3.88. The SMILES string of the molecule is Cc1ccc(CN=C(NCC(=O)N(C)C)NCC2CCCCC2)cc1. The fourth-order valence-electron chi connectivity index (χ4n) is 2.99. The van der Waals surface area contributed by atoms with Crippen LogP contribution in [-0.2, 0) is 11.3 Å². The van der Waals surface area contributed by atoms with Gasteiger partial charge >= 0.3 is 0 Å². The zero-order valence-corrected chi connectivity index (χ0v) is 15.8. The van der Waals surface area contributed by atoms with E-state index in [1.807, 2.05) is 0 Å². The second-order valence-electron chi connectivity index (χ2n) is 7.18. The molecule has 1 fully saturated rings. The van der Waals surface area contributed by atoms with Crippen LogP contribution < -0.4 is 10.6 Å². The molecule has 1 amide bonds. The highest BCUT2D eigenvalue weighted by Crippen LogP contribution is 2.22. The van der Waals surface area contributed by atoms with Gasteiger partial charge in [-0.05, 0) is 31.2 Å². The highest BCUT2D eigenvalue weighted by molar-refractivity contribution is 5.86. The second-order valence-corrected chi connectivity index (χ2v) is 7.18. The van der Waals surface area contributed by atoms with Gasteiger partial charge in [-0.1, -0.05) is 49.1 Å². The third-order valence-electron chi connectivity index (χ3n) is 4.73. The van der Waals surface area contributed by atoms with E-state index < -0.39 is 0 Å². The van der Waals surface area contributed by atoms with Gasteiger partial charge in [-0.3, -0.25) is 4.79 Å². The molecule has 2 rings (SSSR count). The molecule has 1 aliphatic rings. The highest BCUT2D eigenvalue weighted by atomic mass is 16.2. The van der Waals surface area contributed by atoms with Crippen LogP contribution in [0.1, 0.15) is 43.2 Å². The van der Waals surface area contributed by atoms with E-state index in [1.165, 1.54) is 43.2 Å². The molecule has 0 spiro atoms. The van der Waals surface area contributed by atoms with Crippen LogP contribution in [0.4, 0.5) is 0 Å². The molecule has 5 heteroatoms. The number of carbonyl (C=O) groups is 1. The molecule has 2 N–H and O–H groups in total. The highest BCUT2D eigenvalue weighted by Gasteiger charge is 2.14. The lowest BCUT2D eigenvalue weighted by molar-refractivity contribution is -0.127. The van der Waals surface area contributed by atoms with Crippen molar-refractivity contribution in [3.8, 4) is 0 Å². The molecule has 0 aromatic heterocycles. The normalized spacial score (nSPS) is 15.7. The number of hydrogen-bond donors (Lipinski definition) is 2. The van der Waals surface area contributed by atoms with Crippen LogP contribution in [-0.4, -0.2) is 44.0 Å². The maximum absolute atomic E-state index is 11.8. The first-order valence-electron chi connectivity index (χ1n) is 9.32. The topological polar surface area (TPSA) is 56.7 Å². The molecule has 1 aliphatic carbocycles. The summed E-state index contributed by atoms with van der Waals surface area (Å²) in [5, 5.41) is 6.60. The minimum absolute atomic E-state index is 0.0440. The molecular weight excluding hydrogens is 312 g/mol. The number of aliphatic imine (C=N–C) groups is 1. The van der Waals surface area contributed by atoms with E-state index >= 15 is 0 Å². The molecule has 0 bridgehead atoms. The van der Waals surface area contributed by atoms with E-state index in [0.29, 0.717) is 12.5 Å². The number of carbonyl (C=O) groups excluding carboxylic acids is 1. The Bertz CT molecular complexity index is 560. The molecule has 25 heavy (non-hydrogen) atoms. The predicted molar refractivity (Wildman–Crippen MR) is 104 cm³/mol. The Morgan fingerprint density at radius 1 is 1.12 bits per heavy atom. The summed E-state index contributed by atoms with van der Waals surface area (Å²) in [7, 11) is 3.53. The summed E-state index contributed by atoms with van der Waals surface area (Å²) < 4.78 is 0. The van der Waals surface area contributed by atoms with Gasteiger partial charge in [0.25, 0.3) is 0 Å². The van der Waals surface area contributed by atoms with Crippen molar-refractivity contribution in [2.45, 2.75) is 45.6 Å². The number of nitrogens with one attached hydrogen (secondary N) is 2. The second kappa shape index (κ2) is 10.1. The molecule has 5 nitrogen and oxygen atoms in total. The van der Waals surface area contributed by atoms with Gasteiger partial charge in [0.2, 0.25) is 5.91 Å². The first-order chi connectivity index (χ1) is 12.0. The van der Waals surface area contributed by atoms with Crippen LogP contribution in [0.15, 0.2) is 29.3 Å². The third-order valence-corrected chi connectivity index (χ3v) is 4.73. The van der Waals surface area contributed by atoms with E-state index in [-0.39, 0.29) is 12.5 Å². The van der Waals surface area contributed by atoms with Gasteiger partial charge in [0.05, 0.1) is 13.1 Å². The predicted octanol–water partition coefficient (Wildman–Crippen LogP) is 2.70. The number of guanidine groups is 1. The maximum atomic E-state index is 11.8. The van der Waals surface area contributed by atoms with Gasteiger partial charge < -0.3 is 15.5 Å². The molecule has 0 radical (unpaired) electrons. The van der Waals surface area contributed by atoms with E-state index in [0.717, 1.165) is 12.5 Å². The number of amides is 1. The summed E-state index contributed by atoms with van der Waals surface area (Å²) in [6, 6.07) is 8.40. The Labute approximate surface area is 151 Å². The number of hydrogen-bond acceptors (Lipinski definition) is 2. The van der Waals surface area contributed by atoms with Crippen LogP contribution in [0.2, 0.25) is 0 Å². The van der Waals surface area contributed by atoms with Crippen LogP contribution in [0, 0.1) is 12.8 Å². The first-order valence-corrected chi connectivity index (χ1v) is 9.32. The minimum atomic E-state index is 0.0440. The number of aryl methyl sites for hydroxylation is 1. The van der Waals surface area contributed by atoms with E-state index in [2.05, 4.69) is 46.8 Å². The van der Waals surface area contributed by atoms with Crippen molar-refractivity contribution in [2.75, 3.05) is 27.2 Å². The van der Waals surface area contributed by atoms with Crippen molar-refractivity contribution >= 4 is 11.9 Å². The van der Waals surface area contributed by atoms with Crippen LogP contribution in [0.5, 0.6) is 0 Å². The van der Waals surface area contributed by atoms with Crippen molar-refractivity contribution in [2.24, 2.45) is 10.9 Å². The Balaban J connectivity index is 1.92. The van der Waals surface area contributed by atoms with Crippen molar-refractivity contribution in [1.82, 2.24) is 15.5 Å². The average molecular weight is 345 g/mol. The number of nitrogens with zero attached hydrogens (tertiary/aromatic N) is 2. The maximum Gasteiger partial charge on any atom is 0.241 e. The fourth-order valence-corrected chi connectivity index (χ4v) is 2.99. The molecule has 1 saturated carbocycles. The van der Waals surface area contributed by atoms with Gasteiger partial charge in [-0.2, -0.15) is 0 Å². The zero-order chi connectivity index (χ0) is 18.1.